The van der Waals surface area contributed by atoms with Gasteiger partial charge in [0.15, 0.2) is 0 Å². The van der Waals surface area contributed by atoms with Crippen LogP contribution in [0.1, 0.15) is 40.2 Å². The summed E-state index contributed by atoms with van der Waals surface area (Å²) in [6.07, 6.45) is 3.48. The maximum Gasteiger partial charge on any atom is 0.492 e. The van der Waals surface area contributed by atoms with Gasteiger partial charge in [-0.25, -0.2) is 4.98 Å². The van der Waals surface area contributed by atoms with E-state index >= 15 is 0 Å². The van der Waals surface area contributed by atoms with Crippen LogP contribution in [-0.2, 0) is 14.1 Å². The molecule has 1 N–H and O–H groups in total. The van der Waals surface area contributed by atoms with Crippen LogP contribution in [0.4, 0.5) is 0 Å². The molecule has 0 radical (unpaired) electrons. The van der Waals surface area contributed by atoms with Crippen molar-refractivity contribution in [3.8, 4) is 0 Å². The molecule has 0 bridgehead atoms. The maximum absolute atomic E-state index is 11.3. The highest BCUT2D eigenvalue weighted by molar-refractivity contribution is 6.56. The summed E-state index contributed by atoms with van der Waals surface area (Å²) in [7, 11) is -0.553. The van der Waals surface area contributed by atoms with Gasteiger partial charge in [0.05, 0.1) is 11.2 Å². The average molecular weight is 337 g/mol. The minimum absolute atomic E-state index is 0.121. The summed E-state index contributed by atoms with van der Waals surface area (Å²) in [5.74, 6) is -0.121. The van der Waals surface area contributed by atoms with E-state index in [1.807, 2.05) is 39.8 Å². The van der Waals surface area contributed by atoms with Gasteiger partial charge in [-0.1, -0.05) is 23.7 Å². The molecule has 1 amide bonds. The van der Waals surface area contributed by atoms with Crippen LogP contribution < -0.4 is 5.32 Å². The van der Waals surface area contributed by atoms with E-state index in [1.54, 1.807) is 12.3 Å². The SMILES string of the molecule is CC(=O)NCC(=Cc1cccnc1Cl)B1OC(C)(C)C(C)(C)O1. The van der Waals surface area contributed by atoms with Gasteiger partial charge >= 0.3 is 7.12 Å². The lowest BCUT2D eigenvalue weighted by atomic mass is 9.77. The number of hydrogen-bond donors (Lipinski definition) is 1. The molecule has 124 valence electrons. The molecule has 5 nitrogen and oxygen atoms in total. The summed E-state index contributed by atoms with van der Waals surface area (Å²) in [5, 5.41) is 3.18. The maximum atomic E-state index is 11.3. The topological polar surface area (TPSA) is 60.5 Å². The highest BCUT2D eigenvalue weighted by Crippen LogP contribution is 2.38. The fourth-order valence-electron chi connectivity index (χ4n) is 2.13. The molecule has 0 unspecified atom stereocenters. The molecule has 23 heavy (non-hydrogen) atoms. The third-order valence-electron chi connectivity index (χ3n) is 4.23. The minimum Gasteiger partial charge on any atom is -0.400 e. The van der Waals surface area contributed by atoms with Gasteiger partial charge in [0.25, 0.3) is 0 Å². The molecular formula is C16H22BClN2O3. The summed E-state index contributed by atoms with van der Waals surface area (Å²) in [4.78, 5) is 15.3. The van der Waals surface area contributed by atoms with Crippen LogP contribution in [0, 0.1) is 0 Å². The van der Waals surface area contributed by atoms with E-state index < -0.39 is 18.3 Å². The van der Waals surface area contributed by atoms with Crippen molar-refractivity contribution >= 4 is 30.7 Å². The summed E-state index contributed by atoms with van der Waals surface area (Å²) < 4.78 is 12.1. The number of pyridine rings is 1. The van der Waals surface area contributed by atoms with Crippen molar-refractivity contribution < 1.29 is 14.1 Å². The molecule has 7 heteroatoms. The van der Waals surface area contributed by atoms with Crippen molar-refractivity contribution in [2.75, 3.05) is 6.54 Å². The van der Waals surface area contributed by atoms with Gasteiger partial charge in [-0.05, 0) is 39.2 Å². The number of halogens is 1. The zero-order chi connectivity index (χ0) is 17.3. The Labute approximate surface area is 142 Å². The van der Waals surface area contributed by atoms with E-state index in [2.05, 4.69) is 10.3 Å². The van der Waals surface area contributed by atoms with Crippen LogP contribution >= 0.6 is 11.6 Å². The van der Waals surface area contributed by atoms with E-state index in [9.17, 15) is 4.79 Å². The first-order valence-corrected chi connectivity index (χ1v) is 7.91. The molecule has 1 fully saturated rings. The zero-order valence-corrected chi connectivity index (χ0v) is 14.9. The number of rotatable bonds is 4. The summed E-state index contributed by atoms with van der Waals surface area (Å²) in [6, 6.07) is 3.66. The molecule has 0 aromatic carbocycles. The molecule has 1 saturated heterocycles. The van der Waals surface area contributed by atoms with Gasteiger partial charge in [-0.2, -0.15) is 0 Å². The molecule has 1 aliphatic heterocycles. The van der Waals surface area contributed by atoms with Crippen LogP contribution in [0.15, 0.2) is 23.8 Å². The number of carbonyl (C=O) groups excluding carboxylic acids is 1. The molecule has 0 saturated carbocycles. The highest BCUT2D eigenvalue weighted by atomic mass is 35.5. The predicted molar refractivity (Wildman–Crippen MR) is 92.0 cm³/mol. The summed E-state index contributed by atoms with van der Waals surface area (Å²) in [6.45, 7) is 9.73. The molecule has 0 spiro atoms. The van der Waals surface area contributed by atoms with Gasteiger partial charge in [0.2, 0.25) is 5.91 Å². The Kier molecular flexibility index (Phi) is 5.18. The van der Waals surface area contributed by atoms with E-state index in [0.717, 1.165) is 11.0 Å². The Balaban J connectivity index is 2.32. The molecule has 2 heterocycles. The quantitative estimate of drug-likeness (QED) is 0.678. The molecule has 2 rings (SSSR count). The van der Waals surface area contributed by atoms with E-state index in [1.165, 1.54) is 6.92 Å². The third-order valence-corrected chi connectivity index (χ3v) is 4.54. The van der Waals surface area contributed by atoms with Crippen LogP contribution in [0.25, 0.3) is 6.08 Å². The molecule has 1 aromatic rings. The first kappa shape index (κ1) is 18.0. The first-order chi connectivity index (χ1) is 10.6. The number of carbonyl (C=O) groups is 1. The minimum atomic E-state index is -0.553. The Morgan fingerprint density at radius 2 is 1.96 bits per heavy atom. The van der Waals surface area contributed by atoms with Crippen LogP contribution in [0.2, 0.25) is 5.15 Å². The van der Waals surface area contributed by atoms with Crippen molar-refractivity contribution in [3.05, 3.63) is 34.5 Å². The summed E-state index contributed by atoms with van der Waals surface area (Å²) in [5.41, 5.74) is 0.634. The lowest BCUT2D eigenvalue weighted by Gasteiger charge is -2.32. The fourth-order valence-corrected chi connectivity index (χ4v) is 2.30. The Morgan fingerprint density at radius 3 is 2.48 bits per heavy atom. The van der Waals surface area contributed by atoms with Crippen molar-refractivity contribution in [2.24, 2.45) is 0 Å². The van der Waals surface area contributed by atoms with Gasteiger partial charge in [-0.3, -0.25) is 4.79 Å². The van der Waals surface area contributed by atoms with Gasteiger partial charge in [0, 0.05) is 25.2 Å². The Bertz CT molecular complexity index is 616. The van der Waals surface area contributed by atoms with Gasteiger partial charge in [-0.15, -0.1) is 0 Å². The van der Waals surface area contributed by atoms with Gasteiger partial charge < -0.3 is 14.6 Å². The average Bonchev–Trinajstić information content (AvgIpc) is 2.65. The van der Waals surface area contributed by atoms with E-state index in [-0.39, 0.29) is 5.91 Å². The smallest absolute Gasteiger partial charge is 0.400 e. The monoisotopic (exact) mass is 336 g/mol. The number of amides is 1. The number of aromatic nitrogens is 1. The molecule has 0 aliphatic carbocycles. The standard InChI is InChI=1S/C16H22BClN2O3/c1-11(21)20-10-13(9-12-7-6-8-19-14(12)18)17-22-15(2,3)16(4,5)23-17/h6-9H,10H2,1-5H3,(H,20,21). The van der Waals surface area contributed by atoms with Crippen molar-refractivity contribution in [1.82, 2.24) is 10.3 Å². The molecular weight excluding hydrogens is 314 g/mol. The summed E-state index contributed by atoms with van der Waals surface area (Å²) >= 11 is 6.13. The van der Waals surface area contributed by atoms with Crippen molar-refractivity contribution in [2.45, 2.75) is 45.8 Å². The fraction of sp³-hybridized carbons (Fsp3) is 0.500. The second kappa shape index (κ2) is 6.63. The Morgan fingerprint density at radius 1 is 1.35 bits per heavy atom. The lowest BCUT2D eigenvalue weighted by Crippen LogP contribution is -2.41. The van der Waals surface area contributed by atoms with Crippen LogP contribution in [-0.4, -0.2) is 35.8 Å². The van der Waals surface area contributed by atoms with Crippen LogP contribution in [0.3, 0.4) is 0 Å². The first-order valence-electron chi connectivity index (χ1n) is 7.53. The number of hydrogen-bond acceptors (Lipinski definition) is 4. The lowest BCUT2D eigenvalue weighted by molar-refractivity contribution is -0.118. The normalized spacial score (nSPS) is 19.7. The van der Waals surface area contributed by atoms with E-state index in [4.69, 9.17) is 20.9 Å². The van der Waals surface area contributed by atoms with Gasteiger partial charge in [0.1, 0.15) is 5.15 Å². The Hall–Kier alpha value is -1.37. The largest absolute Gasteiger partial charge is 0.492 e. The van der Waals surface area contributed by atoms with Crippen molar-refractivity contribution in [1.29, 1.82) is 0 Å². The highest BCUT2D eigenvalue weighted by Gasteiger charge is 2.52. The van der Waals surface area contributed by atoms with Crippen LogP contribution in [0.5, 0.6) is 0 Å². The molecule has 1 aliphatic rings. The second-order valence-corrected chi connectivity index (χ2v) is 6.96. The van der Waals surface area contributed by atoms with Crippen molar-refractivity contribution in [3.63, 3.8) is 0 Å². The molecule has 1 aromatic heterocycles. The second-order valence-electron chi connectivity index (χ2n) is 6.60. The zero-order valence-electron chi connectivity index (χ0n) is 14.1. The number of nitrogens with one attached hydrogen (secondary N) is 1. The number of nitrogens with zero attached hydrogens (tertiary/aromatic N) is 1. The predicted octanol–water partition coefficient (Wildman–Crippen LogP) is 2.89. The van der Waals surface area contributed by atoms with E-state index in [0.29, 0.717) is 11.7 Å². The molecule has 0 atom stereocenters. The third kappa shape index (κ3) is 4.13.